The average molecular weight is 361 g/mol. The molecule has 0 saturated heterocycles. The van der Waals surface area contributed by atoms with E-state index in [2.05, 4.69) is 0 Å². The standard InChI is InChI=1S/C20H24N2O2.ClH/c1-14(2)24-16-7-3-6-15(12-16)13-20(23)22-11-5-8-17-18(21)9-4-10-19(17)22;/h3-4,6-7,9-10,12,14H,5,8,11,13,21H2,1-2H3;1H. The number of nitrogens with zero attached hydrogens (tertiary/aromatic N) is 1. The number of carbonyl (C=O) groups excluding carboxylic acids is 1. The Labute approximate surface area is 155 Å². The lowest BCUT2D eigenvalue weighted by Crippen LogP contribution is -2.36. The van der Waals surface area contributed by atoms with E-state index < -0.39 is 0 Å². The molecule has 2 aromatic rings. The molecule has 1 aliphatic heterocycles. The van der Waals surface area contributed by atoms with Crippen LogP contribution in [0.1, 0.15) is 31.4 Å². The predicted octanol–water partition coefficient (Wildman–Crippen LogP) is 4.00. The maximum absolute atomic E-state index is 12.8. The van der Waals surface area contributed by atoms with Gasteiger partial charge in [0.2, 0.25) is 5.91 Å². The highest BCUT2D eigenvalue weighted by Crippen LogP contribution is 2.31. The molecule has 0 unspecified atom stereocenters. The second-order valence-electron chi connectivity index (χ2n) is 6.48. The van der Waals surface area contributed by atoms with Crippen molar-refractivity contribution in [1.29, 1.82) is 0 Å². The molecular formula is C20H25ClN2O2. The van der Waals surface area contributed by atoms with Gasteiger partial charge in [0.25, 0.3) is 0 Å². The Morgan fingerprint density at radius 3 is 2.76 bits per heavy atom. The summed E-state index contributed by atoms with van der Waals surface area (Å²) in [5.74, 6) is 0.904. The van der Waals surface area contributed by atoms with E-state index in [1.807, 2.05) is 61.2 Å². The lowest BCUT2D eigenvalue weighted by Gasteiger charge is -2.30. The fourth-order valence-corrected chi connectivity index (χ4v) is 3.18. The second kappa shape index (κ2) is 8.26. The van der Waals surface area contributed by atoms with Gasteiger partial charge in [-0.2, -0.15) is 0 Å². The molecule has 0 fully saturated rings. The molecule has 1 aliphatic rings. The van der Waals surface area contributed by atoms with Gasteiger partial charge in [0.1, 0.15) is 5.75 Å². The third-order valence-corrected chi connectivity index (χ3v) is 4.21. The minimum Gasteiger partial charge on any atom is -0.491 e. The lowest BCUT2D eigenvalue weighted by atomic mass is 9.99. The number of nitrogen functional groups attached to an aromatic ring is 1. The summed E-state index contributed by atoms with van der Waals surface area (Å²) in [6.07, 6.45) is 2.36. The van der Waals surface area contributed by atoms with Crippen LogP contribution >= 0.6 is 12.4 Å². The molecule has 1 amide bonds. The normalized spacial score (nSPS) is 13.2. The Bertz CT molecular complexity index is 746. The molecular weight excluding hydrogens is 336 g/mol. The first-order valence-corrected chi connectivity index (χ1v) is 8.48. The number of carbonyl (C=O) groups is 1. The van der Waals surface area contributed by atoms with Crippen molar-refractivity contribution in [3.63, 3.8) is 0 Å². The molecule has 2 aromatic carbocycles. The van der Waals surface area contributed by atoms with Gasteiger partial charge < -0.3 is 15.4 Å². The smallest absolute Gasteiger partial charge is 0.231 e. The Kier molecular flexibility index (Phi) is 6.32. The Morgan fingerprint density at radius 2 is 2.00 bits per heavy atom. The van der Waals surface area contributed by atoms with Crippen molar-refractivity contribution in [3.8, 4) is 5.75 Å². The molecule has 0 bridgehead atoms. The lowest BCUT2D eigenvalue weighted by molar-refractivity contribution is -0.118. The molecule has 2 N–H and O–H groups in total. The minimum atomic E-state index is 0. The van der Waals surface area contributed by atoms with Crippen molar-refractivity contribution in [1.82, 2.24) is 0 Å². The molecule has 0 aliphatic carbocycles. The molecule has 25 heavy (non-hydrogen) atoms. The first-order valence-electron chi connectivity index (χ1n) is 8.48. The van der Waals surface area contributed by atoms with Gasteiger partial charge in [0.05, 0.1) is 12.5 Å². The Hall–Kier alpha value is -2.20. The summed E-state index contributed by atoms with van der Waals surface area (Å²) in [6, 6.07) is 13.6. The van der Waals surface area contributed by atoms with Crippen molar-refractivity contribution < 1.29 is 9.53 Å². The molecule has 0 aromatic heterocycles. The zero-order chi connectivity index (χ0) is 17.1. The summed E-state index contributed by atoms with van der Waals surface area (Å²) in [5.41, 5.74) is 9.86. The van der Waals surface area contributed by atoms with E-state index in [0.717, 1.165) is 47.6 Å². The number of amides is 1. The predicted molar refractivity (Wildman–Crippen MR) is 105 cm³/mol. The summed E-state index contributed by atoms with van der Waals surface area (Å²) >= 11 is 0. The molecule has 0 atom stereocenters. The van der Waals surface area contributed by atoms with Gasteiger partial charge in [-0.05, 0) is 62.1 Å². The fraction of sp³-hybridized carbons (Fsp3) is 0.350. The van der Waals surface area contributed by atoms with E-state index in [9.17, 15) is 4.79 Å². The molecule has 3 rings (SSSR count). The van der Waals surface area contributed by atoms with Crippen LogP contribution in [0.5, 0.6) is 5.75 Å². The molecule has 134 valence electrons. The first kappa shape index (κ1) is 19.1. The van der Waals surface area contributed by atoms with Gasteiger partial charge in [0, 0.05) is 17.9 Å². The second-order valence-corrected chi connectivity index (χ2v) is 6.48. The van der Waals surface area contributed by atoms with E-state index in [1.54, 1.807) is 0 Å². The number of ether oxygens (including phenoxy) is 1. The quantitative estimate of drug-likeness (QED) is 0.838. The average Bonchev–Trinajstić information content (AvgIpc) is 2.54. The van der Waals surface area contributed by atoms with Crippen molar-refractivity contribution in [2.75, 3.05) is 17.2 Å². The van der Waals surface area contributed by atoms with Crippen molar-refractivity contribution in [2.24, 2.45) is 0 Å². The van der Waals surface area contributed by atoms with Crippen molar-refractivity contribution >= 4 is 29.7 Å². The van der Waals surface area contributed by atoms with E-state index in [1.165, 1.54) is 0 Å². The van der Waals surface area contributed by atoms with Crippen LogP contribution in [0.4, 0.5) is 11.4 Å². The summed E-state index contributed by atoms with van der Waals surface area (Å²) in [6.45, 7) is 4.73. The van der Waals surface area contributed by atoms with Gasteiger partial charge in [-0.25, -0.2) is 0 Å². The van der Waals surface area contributed by atoms with E-state index >= 15 is 0 Å². The zero-order valence-corrected chi connectivity index (χ0v) is 15.5. The third kappa shape index (κ3) is 4.45. The van der Waals surface area contributed by atoms with Crippen molar-refractivity contribution in [3.05, 3.63) is 53.6 Å². The first-order chi connectivity index (χ1) is 11.5. The summed E-state index contributed by atoms with van der Waals surface area (Å²) < 4.78 is 5.71. The molecule has 5 heteroatoms. The van der Waals surface area contributed by atoms with Gasteiger partial charge in [-0.3, -0.25) is 4.79 Å². The van der Waals surface area contributed by atoms with Crippen LogP contribution in [0.15, 0.2) is 42.5 Å². The van der Waals surface area contributed by atoms with Crippen molar-refractivity contribution in [2.45, 2.75) is 39.2 Å². The van der Waals surface area contributed by atoms with Crippen LogP contribution in [-0.2, 0) is 17.6 Å². The largest absolute Gasteiger partial charge is 0.491 e. The highest BCUT2D eigenvalue weighted by atomic mass is 35.5. The number of hydrogen-bond donors (Lipinski definition) is 1. The Morgan fingerprint density at radius 1 is 1.24 bits per heavy atom. The van der Waals surface area contributed by atoms with Gasteiger partial charge in [0.15, 0.2) is 0 Å². The van der Waals surface area contributed by atoms with Gasteiger partial charge in [-0.1, -0.05) is 18.2 Å². The SMILES string of the molecule is CC(C)Oc1cccc(CC(=O)N2CCCc3c(N)cccc32)c1.Cl. The maximum atomic E-state index is 12.8. The van der Waals surface area contributed by atoms with Crippen LogP contribution in [-0.4, -0.2) is 18.6 Å². The van der Waals surface area contributed by atoms with Crippen LogP contribution in [0.25, 0.3) is 0 Å². The number of hydrogen-bond acceptors (Lipinski definition) is 3. The highest BCUT2D eigenvalue weighted by molar-refractivity contribution is 5.96. The van der Waals surface area contributed by atoms with E-state index in [4.69, 9.17) is 10.5 Å². The molecule has 0 spiro atoms. The molecule has 0 saturated carbocycles. The number of rotatable bonds is 4. The van der Waals surface area contributed by atoms with Crippen LogP contribution in [0.2, 0.25) is 0 Å². The summed E-state index contributed by atoms with van der Waals surface area (Å²) in [7, 11) is 0. The summed E-state index contributed by atoms with van der Waals surface area (Å²) in [4.78, 5) is 14.7. The maximum Gasteiger partial charge on any atom is 0.231 e. The number of fused-ring (bicyclic) bond motifs is 1. The Balaban J connectivity index is 0.00000225. The minimum absolute atomic E-state index is 0. The number of halogens is 1. The van der Waals surface area contributed by atoms with E-state index in [0.29, 0.717) is 6.42 Å². The number of nitrogens with two attached hydrogens (primary N) is 1. The van der Waals surface area contributed by atoms with Crippen LogP contribution in [0.3, 0.4) is 0 Å². The van der Waals surface area contributed by atoms with E-state index in [-0.39, 0.29) is 24.4 Å². The molecule has 0 radical (unpaired) electrons. The molecule has 4 nitrogen and oxygen atoms in total. The fourth-order valence-electron chi connectivity index (χ4n) is 3.18. The van der Waals surface area contributed by atoms with Gasteiger partial charge in [-0.15, -0.1) is 12.4 Å². The van der Waals surface area contributed by atoms with Crippen LogP contribution in [0, 0.1) is 0 Å². The highest BCUT2D eigenvalue weighted by Gasteiger charge is 2.23. The molecule has 1 heterocycles. The van der Waals surface area contributed by atoms with Gasteiger partial charge >= 0.3 is 0 Å². The van der Waals surface area contributed by atoms with Crippen LogP contribution < -0.4 is 15.4 Å². The monoisotopic (exact) mass is 360 g/mol. The zero-order valence-electron chi connectivity index (χ0n) is 14.7. The summed E-state index contributed by atoms with van der Waals surface area (Å²) in [5, 5.41) is 0. The topological polar surface area (TPSA) is 55.6 Å². The number of benzene rings is 2. The third-order valence-electron chi connectivity index (χ3n) is 4.21. The number of anilines is 2.